The highest BCUT2D eigenvalue weighted by Crippen LogP contribution is 2.62. The van der Waals surface area contributed by atoms with Crippen LogP contribution < -0.4 is 5.73 Å². The lowest BCUT2D eigenvalue weighted by atomic mass is 9.95. The number of anilines is 1. The van der Waals surface area contributed by atoms with E-state index in [1.54, 1.807) is 25.3 Å². The number of imidazole rings is 1. The number of aromatic nitrogens is 4. The van der Waals surface area contributed by atoms with Crippen LogP contribution in [0.5, 0.6) is 0 Å². The molecule has 0 aliphatic carbocycles. The summed E-state index contributed by atoms with van der Waals surface area (Å²) in [5.74, 6) is -2.58. The van der Waals surface area contributed by atoms with E-state index in [0.29, 0.717) is 11.2 Å². The van der Waals surface area contributed by atoms with Crippen LogP contribution >= 0.6 is 7.82 Å². The Hall–Kier alpha value is -3.23. The molecule has 0 bridgehead atoms. The first-order chi connectivity index (χ1) is 18.8. The van der Waals surface area contributed by atoms with Gasteiger partial charge >= 0.3 is 14.0 Å². The first-order valence-corrected chi connectivity index (χ1v) is 13.8. The number of hydrogen-bond acceptors (Lipinski definition) is 11. The molecule has 3 aromatic rings. The maximum absolute atomic E-state index is 14.8. The number of nitrogens with zero attached hydrogens (tertiary/aromatic N) is 4. The zero-order valence-corrected chi connectivity index (χ0v) is 22.9. The summed E-state index contributed by atoms with van der Waals surface area (Å²) in [4.78, 5) is 23.8. The molecular formula is C24H28F2N5O8P. The fraction of sp³-hybridized carbons (Fsp3) is 0.500. The van der Waals surface area contributed by atoms with E-state index in [1.165, 1.54) is 31.7 Å². The van der Waals surface area contributed by atoms with Crippen LogP contribution in [0.15, 0.2) is 24.8 Å². The summed E-state index contributed by atoms with van der Waals surface area (Å²) in [6.45, 7) is 5.86. The first kappa shape index (κ1) is 28.3. The van der Waals surface area contributed by atoms with Crippen molar-refractivity contribution < 1.29 is 46.3 Å². The Bertz CT molecular complexity index is 1500. The smallest absolute Gasteiger partial charge is 0.450 e. The minimum atomic E-state index is -4.39. The number of halogens is 2. The summed E-state index contributed by atoms with van der Waals surface area (Å²) >= 11 is 0. The van der Waals surface area contributed by atoms with Crippen LogP contribution in [0.2, 0.25) is 0 Å². The molecule has 0 amide bonds. The number of rotatable bonds is 6. The quantitative estimate of drug-likeness (QED) is 0.304. The van der Waals surface area contributed by atoms with E-state index in [0.717, 1.165) is 0 Å². The Labute approximate surface area is 227 Å². The van der Waals surface area contributed by atoms with Crippen molar-refractivity contribution in [3.63, 3.8) is 0 Å². The molecule has 4 heterocycles. The Balaban J connectivity index is 1.38. The summed E-state index contributed by atoms with van der Waals surface area (Å²) in [5.41, 5.74) is 5.43. The molecule has 2 aliphatic rings. The molecule has 5 rings (SSSR count). The Kier molecular flexibility index (Phi) is 7.29. The number of hydrogen-bond donors (Lipinski definition) is 2. The van der Waals surface area contributed by atoms with Gasteiger partial charge in [-0.3, -0.25) is 18.1 Å². The van der Waals surface area contributed by atoms with Gasteiger partial charge in [0.15, 0.2) is 23.1 Å². The molecular weight excluding hydrogens is 555 g/mol. The number of nitrogen functional groups attached to an aromatic ring is 1. The topological polar surface area (TPSA) is 170 Å². The fourth-order valence-electron chi connectivity index (χ4n) is 4.99. The molecule has 2 unspecified atom stereocenters. The summed E-state index contributed by atoms with van der Waals surface area (Å²) in [6.07, 6.45) is -2.91. The highest BCUT2D eigenvalue weighted by molar-refractivity contribution is 7.48. The number of aryl methyl sites for hydroxylation is 1. The molecule has 0 saturated carbocycles. The molecule has 0 spiro atoms. The van der Waals surface area contributed by atoms with E-state index in [4.69, 9.17) is 28.8 Å². The summed E-state index contributed by atoms with van der Waals surface area (Å²) in [7, 11) is -4.39. The van der Waals surface area contributed by atoms with Crippen molar-refractivity contribution in [1.29, 1.82) is 0 Å². The predicted octanol–water partition coefficient (Wildman–Crippen LogP) is 4.67. The van der Waals surface area contributed by atoms with Gasteiger partial charge in [0, 0.05) is 17.9 Å². The van der Waals surface area contributed by atoms with Crippen LogP contribution in [0.3, 0.4) is 0 Å². The van der Waals surface area contributed by atoms with Crippen molar-refractivity contribution in [3.8, 4) is 0 Å². The monoisotopic (exact) mass is 583 g/mol. The van der Waals surface area contributed by atoms with Gasteiger partial charge in [0.05, 0.1) is 18.5 Å². The fourth-order valence-corrected chi connectivity index (χ4v) is 6.65. The number of carboxylic acid groups (broad SMARTS) is 1. The lowest BCUT2D eigenvalue weighted by Crippen LogP contribution is -2.36. The third-order valence-electron chi connectivity index (χ3n) is 6.89. The molecule has 6 atom stereocenters. The molecule has 3 N–H and O–H groups in total. The van der Waals surface area contributed by atoms with Gasteiger partial charge < -0.3 is 20.3 Å². The number of fused-ring (bicyclic) bond motifs is 1. The molecule has 2 saturated heterocycles. The van der Waals surface area contributed by atoms with E-state index >= 15 is 0 Å². The zero-order valence-electron chi connectivity index (χ0n) is 22.0. The first-order valence-electron chi connectivity index (χ1n) is 12.3. The van der Waals surface area contributed by atoms with Crippen LogP contribution in [-0.4, -0.2) is 55.2 Å². The minimum Gasteiger partial charge on any atom is -0.450 e. The summed E-state index contributed by atoms with van der Waals surface area (Å²) in [5, 5.41) is 9.35. The van der Waals surface area contributed by atoms with E-state index in [-0.39, 0.29) is 23.4 Å². The van der Waals surface area contributed by atoms with Crippen molar-refractivity contribution in [1.82, 2.24) is 19.5 Å². The summed E-state index contributed by atoms with van der Waals surface area (Å²) in [6, 6.07) is 2.75. The van der Waals surface area contributed by atoms with Gasteiger partial charge in [-0.1, -0.05) is 19.1 Å². The Morgan fingerprint density at radius 2 is 2.02 bits per heavy atom. The van der Waals surface area contributed by atoms with E-state index in [9.17, 15) is 23.2 Å². The van der Waals surface area contributed by atoms with Crippen molar-refractivity contribution in [2.45, 2.75) is 64.3 Å². The van der Waals surface area contributed by atoms with Gasteiger partial charge in [-0.2, -0.15) is 0 Å². The van der Waals surface area contributed by atoms with Gasteiger partial charge in [0.1, 0.15) is 36.4 Å². The third kappa shape index (κ3) is 5.27. The normalized spacial score (nSPS) is 30.0. The van der Waals surface area contributed by atoms with Crippen molar-refractivity contribution >= 4 is 31.0 Å². The second-order valence-corrected chi connectivity index (χ2v) is 11.9. The number of phosphoric acid groups is 1. The third-order valence-corrected chi connectivity index (χ3v) is 8.58. The van der Waals surface area contributed by atoms with Crippen LogP contribution in [0.4, 0.5) is 19.4 Å². The highest BCUT2D eigenvalue weighted by Gasteiger charge is 2.50. The van der Waals surface area contributed by atoms with Gasteiger partial charge in [0.2, 0.25) is 0 Å². The van der Waals surface area contributed by atoms with Crippen molar-refractivity contribution in [2.24, 2.45) is 5.92 Å². The maximum atomic E-state index is 14.8. The minimum absolute atomic E-state index is 0.0578. The average molecular weight is 583 g/mol. The van der Waals surface area contributed by atoms with Gasteiger partial charge in [-0.05, 0) is 26.3 Å². The summed E-state index contributed by atoms with van der Waals surface area (Å²) < 4.78 is 72.2. The maximum Gasteiger partial charge on any atom is 0.506 e. The lowest BCUT2D eigenvalue weighted by molar-refractivity contribution is -0.0815. The van der Waals surface area contributed by atoms with Crippen LogP contribution in [0.25, 0.3) is 11.2 Å². The standard InChI is InChI=1S/C24H28F2N5O8P/c1-11-5-6-13(17(26)16(11)25)14-7-24(3,4)39-40(34,38-14)35-8-15-19(37-23(32)33)12(2)22(36-15)31-10-30-18-20(27)28-9-29-21(18)31/h5-6,9-10,12,14-15,19,22H,7-8H2,1-4H3,(H,32,33)(H2,27,28,29)/t12-,14?,15+,19-,22+,40?/m0/s1. The molecule has 40 heavy (non-hydrogen) atoms. The van der Waals surface area contributed by atoms with Crippen LogP contribution in [0, 0.1) is 24.5 Å². The van der Waals surface area contributed by atoms with Gasteiger partial charge in [-0.25, -0.2) is 33.1 Å². The molecule has 2 fully saturated rings. The number of phosphoric ester groups is 1. The Morgan fingerprint density at radius 1 is 1.27 bits per heavy atom. The molecule has 2 aliphatic heterocycles. The largest absolute Gasteiger partial charge is 0.506 e. The molecule has 0 radical (unpaired) electrons. The molecule has 16 heteroatoms. The molecule has 216 valence electrons. The molecule has 1 aromatic carbocycles. The van der Waals surface area contributed by atoms with Crippen molar-refractivity contribution in [2.75, 3.05) is 12.3 Å². The van der Waals surface area contributed by atoms with Gasteiger partial charge in [0.25, 0.3) is 0 Å². The number of carbonyl (C=O) groups is 1. The number of nitrogens with two attached hydrogens (primary N) is 1. The van der Waals surface area contributed by atoms with Crippen molar-refractivity contribution in [3.05, 3.63) is 47.5 Å². The van der Waals surface area contributed by atoms with E-state index < -0.39 is 68.3 Å². The van der Waals surface area contributed by atoms with E-state index in [2.05, 4.69) is 15.0 Å². The van der Waals surface area contributed by atoms with Crippen LogP contribution in [0.1, 0.15) is 50.7 Å². The molecule has 13 nitrogen and oxygen atoms in total. The SMILES string of the molecule is Cc1ccc(C2CC(C)(C)OP(=O)(OC[C@H]3O[C@@H](n4cnc5c(N)ncnc54)[C@@H](C)[C@@H]3OC(=O)O)O2)c(F)c1F. The predicted molar refractivity (Wildman–Crippen MR) is 134 cm³/mol. The number of ether oxygens (including phenoxy) is 2. The number of benzene rings is 1. The average Bonchev–Trinajstić information content (AvgIpc) is 3.42. The van der Waals surface area contributed by atoms with Gasteiger partial charge in [-0.15, -0.1) is 0 Å². The second kappa shape index (κ2) is 10.3. The second-order valence-electron chi connectivity index (χ2n) is 10.3. The van der Waals surface area contributed by atoms with Crippen LogP contribution in [-0.2, 0) is 27.6 Å². The zero-order chi connectivity index (χ0) is 29.0. The molecule has 2 aromatic heterocycles. The highest BCUT2D eigenvalue weighted by atomic mass is 31.2. The lowest BCUT2D eigenvalue weighted by Gasteiger charge is -2.39. The van der Waals surface area contributed by atoms with E-state index in [1.807, 2.05) is 0 Å². The Morgan fingerprint density at radius 3 is 2.75 bits per heavy atom.